The first-order valence-corrected chi connectivity index (χ1v) is 26.6. The molecule has 84 heavy (non-hydrogen) atoms. The van der Waals surface area contributed by atoms with Crippen LogP contribution >= 0.6 is 0 Å². The summed E-state index contributed by atoms with van der Waals surface area (Å²) in [5.41, 5.74) is 8.08. The van der Waals surface area contributed by atoms with Gasteiger partial charge in [-0.05, 0) is 148 Å². The zero-order chi connectivity index (χ0) is 65.8. The Labute approximate surface area is 498 Å². The molecule has 12 rings (SSSR count). The van der Waals surface area contributed by atoms with Crippen LogP contribution in [0.3, 0.4) is 0 Å². The maximum Gasteiger partial charge on any atom is 0.255 e. The minimum atomic E-state index is -2.53. The number of aromatic nitrogens is 6. The number of rotatable bonds is 6. The van der Waals surface area contributed by atoms with Crippen molar-refractivity contribution in [2.75, 3.05) is 0 Å². The quantitative estimate of drug-likeness (QED) is 0.163. The van der Waals surface area contributed by atoms with Crippen LogP contribution in [0.2, 0.25) is 0 Å². The van der Waals surface area contributed by atoms with E-state index in [2.05, 4.69) is 0 Å². The molecule has 12 nitrogen and oxygen atoms in total. The van der Waals surface area contributed by atoms with E-state index in [-0.39, 0.29) is 45.6 Å². The van der Waals surface area contributed by atoms with Crippen LogP contribution in [-0.4, -0.2) is 27.4 Å². The Kier molecular flexibility index (Phi) is 18.6. The van der Waals surface area contributed by atoms with Crippen LogP contribution in [0.15, 0.2) is 321 Å². The summed E-state index contributed by atoms with van der Waals surface area (Å²) in [6.45, 7) is 7.08. The molecule has 0 radical (unpaired) electrons. The third-order valence-corrected chi connectivity index (χ3v) is 12.1. The van der Waals surface area contributed by atoms with Gasteiger partial charge in [0, 0.05) is 112 Å². The summed E-state index contributed by atoms with van der Waals surface area (Å²) in [4.78, 5) is 69.9. The first-order chi connectivity index (χ1) is 43.5. The van der Waals surface area contributed by atoms with Gasteiger partial charge < -0.3 is 0 Å². The molecule has 6 aromatic carbocycles. The molecule has 0 aliphatic rings. The molecule has 0 amide bonds. The number of benzene rings is 6. The second-order valence-electron chi connectivity index (χ2n) is 18.9. The maximum absolute atomic E-state index is 11.9. The average Bonchev–Trinajstić information content (AvgIpc) is 0.987. The topological polar surface area (TPSA) is 132 Å². The van der Waals surface area contributed by atoms with E-state index < -0.39 is 24.6 Å². The molecule has 6 heterocycles. The summed E-state index contributed by atoms with van der Waals surface area (Å²) in [6, 6.07) is 71.1. The highest BCUT2D eigenvalue weighted by molar-refractivity contribution is 5.37. The SMILES string of the molecule is Cc1ccc(=O)n(-c2ccccc2)c1.Cc1ccc(=O)n(-c2ccccc2)c1.Cc1ccc(=O)n(-c2ccccc2)c1.[2H]c1c(C)ccc(=O)n1-c1ccccc1.[2H]c1cc(C([2H])([2H])[2H])c([2H])n(-c2ccccc2)c1=O.[2H]c1cc(C)cn(-c2ccccc2)c1=O. The number of aryl methyl sites for hydroxylation is 6. The molecule has 0 bridgehead atoms. The van der Waals surface area contributed by atoms with Crippen LogP contribution in [0, 0.1) is 41.5 Å². The van der Waals surface area contributed by atoms with Gasteiger partial charge in [-0.15, -0.1) is 0 Å². The minimum Gasteiger partial charge on any atom is -0.284 e. The van der Waals surface area contributed by atoms with Crippen LogP contribution in [0.1, 0.15) is 43.0 Å². The summed E-state index contributed by atoms with van der Waals surface area (Å²) in [5, 5.41) is 0. The van der Waals surface area contributed by atoms with Gasteiger partial charge in [0.2, 0.25) is 0 Å². The highest BCUT2D eigenvalue weighted by atomic mass is 16.1. The van der Waals surface area contributed by atoms with Crippen molar-refractivity contribution in [1.29, 1.82) is 0 Å². The van der Waals surface area contributed by atoms with Crippen LogP contribution in [0.5, 0.6) is 0 Å². The summed E-state index contributed by atoms with van der Waals surface area (Å²) in [5.74, 6) is 0. The van der Waals surface area contributed by atoms with E-state index in [1.807, 2.05) is 223 Å². The average molecular weight is 1120 g/mol. The number of hydrogen-bond acceptors (Lipinski definition) is 6. The second kappa shape index (κ2) is 30.6. The summed E-state index contributed by atoms with van der Waals surface area (Å²) in [6.07, 6.45) is 7.11. The fourth-order valence-electron chi connectivity index (χ4n) is 7.95. The van der Waals surface area contributed by atoms with Crippen molar-refractivity contribution >= 4 is 0 Å². The van der Waals surface area contributed by atoms with Crippen molar-refractivity contribution in [2.24, 2.45) is 0 Å². The Morgan fingerprint density at radius 1 is 0.238 bits per heavy atom. The van der Waals surface area contributed by atoms with E-state index in [0.717, 1.165) is 66.9 Å². The smallest absolute Gasteiger partial charge is 0.255 e. The van der Waals surface area contributed by atoms with Crippen LogP contribution in [-0.2, 0) is 0 Å². The highest BCUT2D eigenvalue weighted by Crippen LogP contribution is 2.10. The monoisotopic (exact) mass is 1120 g/mol. The molecule has 6 aromatic heterocycles. The molecule has 0 saturated carbocycles. The minimum absolute atomic E-state index is 0.00167. The Balaban J connectivity index is 0.000000156. The molecule has 0 N–H and O–H groups in total. The third kappa shape index (κ3) is 18.0. The zero-order valence-electron chi connectivity index (χ0n) is 54.0. The molecule has 12 aromatic rings. The number of nitrogens with zero attached hydrogens (tertiary/aromatic N) is 6. The molecular weight excluding hydrogens is 1040 g/mol. The van der Waals surface area contributed by atoms with E-state index in [4.69, 9.17) is 9.60 Å². The Bertz CT molecular complexity index is 4520. The Morgan fingerprint density at radius 2 is 0.452 bits per heavy atom. The normalized spacial score (nSPS) is 11.4. The molecule has 0 saturated heterocycles. The molecule has 0 fully saturated rings. The molecule has 12 heteroatoms. The van der Waals surface area contributed by atoms with Crippen molar-refractivity contribution in [3.63, 3.8) is 0 Å². The molecule has 0 unspecified atom stereocenters. The first kappa shape index (κ1) is 51.2. The molecule has 0 aliphatic heterocycles. The second-order valence-corrected chi connectivity index (χ2v) is 18.9. The van der Waals surface area contributed by atoms with Crippen LogP contribution < -0.4 is 33.4 Å². The van der Waals surface area contributed by atoms with Crippen molar-refractivity contribution < 1.29 is 9.60 Å². The first-order valence-electron chi connectivity index (χ1n) is 30.1. The van der Waals surface area contributed by atoms with Gasteiger partial charge in [0.25, 0.3) is 33.4 Å². The number of hydrogen-bond donors (Lipinski definition) is 0. The van der Waals surface area contributed by atoms with E-state index >= 15 is 0 Å². The maximum atomic E-state index is 11.9. The fourth-order valence-corrected chi connectivity index (χ4v) is 7.95. The third-order valence-electron chi connectivity index (χ3n) is 12.1. The Morgan fingerprint density at radius 3 is 0.762 bits per heavy atom. The van der Waals surface area contributed by atoms with Gasteiger partial charge in [-0.3, -0.25) is 56.2 Å². The predicted molar refractivity (Wildman–Crippen MR) is 341 cm³/mol. The molecule has 0 spiro atoms. The van der Waals surface area contributed by atoms with Crippen molar-refractivity contribution in [2.45, 2.75) is 41.5 Å². The lowest BCUT2D eigenvalue weighted by molar-refractivity contribution is 0.976. The van der Waals surface area contributed by atoms with Crippen LogP contribution in [0.4, 0.5) is 0 Å². The number of pyridine rings is 6. The van der Waals surface area contributed by atoms with Gasteiger partial charge in [0.15, 0.2) is 0 Å². The van der Waals surface area contributed by atoms with Gasteiger partial charge in [-0.25, -0.2) is 0 Å². The Hall–Kier alpha value is -11.0. The number of para-hydroxylation sites is 6. The van der Waals surface area contributed by atoms with Gasteiger partial charge >= 0.3 is 0 Å². The van der Waals surface area contributed by atoms with Gasteiger partial charge in [-0.2, -0.15) is 0 Å². The molecule has 0 aliphatic carbocycles. The fraction of sp³-hybridized carbons (Fsp3) is 0.0833. The zero-order valence-corrected chi connectivity index (χ0v) is 47.0. The van der Waals surface area contributed by atoms with Crippen molar-refractivity contribution in [3.8, 4) is 34.1 Å². The highest BCUT2D eigenvalue weighted by Gasteiger charge is 2.03. The van der Waals surface area contributed by atoms with E-state index in [9.17, 15) is 28.8 Å². The predicted octanol–water partition coefficient (Wildman–Crippen LogP) is 12.9. The van der Waals surface area contributed by atoms with Crippen LogP contribution in [0.25, 0.3) is 34.1 Å². The molecule has 0 atom stereocenters. The molecule has 420 valence electrons. The van der Waals surface area contributed by atoms with Gasteiger partial charge in [0.05, 0.1) is 5.48 Å². The largest absolute Gasteiger partial charge is 0.284 e. The van der Waals surface area contributed by atoms with Gasteiger partial charge in [-0.1, -0.05) is 146 Å². The summed E-state index contributed by atoms with van der Waals surface area (Å²) in [7, 11) is 0. The standard InChI is InChI=1S/6C12H11NO/c6*1-10-7-8-12(14)13(9-10)11-5-3-2-4-6-11/h6*2-9H,1H3/i1D3,8D,9D;9D;8D;;;. The van der Waals surface area contributed by atoms with Gasteiger partial charge in [0.1, 0.15) is 0 Å². The summed E-state index contributed by atoms with van der Waals surface area (Å²) < 4.78 is 61.6. The lowest BCUT2D eigenvalue weighted by Crippen LogP contribution is -2.16. The molecular formula is C72H66N6O6. The van der Waals surface area contributed by atoms with Crippen molar-refractivity contribution in [3.05, 3.63) is 387 Å². The van der Waals surface area contributed by atoms with Crippen molar-refractivity contribution in [1.82, 2.24) is 27.4 Å². The summed E-state index contributed by atoms with van der Waals surface area (Å²) >= 11 is 0. The lowest BCUT2D eigenvalue weighted by Gasteiger charge is -2.05. The van der Waals surface area contributed by atoms with E-state index in [1.165, 1.54) is 15.2 Å². The van der Waals surface area contributed by atoms with E-state index in [0.29, 0.717) is 5.69 Å². The lowest BCUT2D eigenvalue weighted by atomic mass is 10.3. The van der Waals surface area contributed by atoms with E-state index in [1.54, 1.807) is 80.6 Å².